The lowest BCUT2D eigenvalue weighted by Gasteiger charge is -2.26. The summed E-state index contributed by atoms with van der Waals surface area (Å²) in [7, 11) is -3.82. The van der Waals surface area contributed by atoms with Crippen LogP contribution in [0.2, 0.25) is 0 Å². The Balaban J connectivity index is 1.61. The molecule has 0 bridgehead atoms. The molecule has 3 rings (SSSR count). The van der Waals surface area contributed by atoms with Crippen molar-refractivity contribution >= 4 is 39.1 Å². The van der Waals surface area contributed by atoms with Crippen molar-refractivity contribution in [3.8, 4) is 0 Å². The van der Waals surface area contributed by atoms with Crippen LogP contribution in [-0.2, 0) is 19.6 Å². The van der Waals surface area contributed by atoms with Crippen molar-refractivity contribution in [2.45, 2.75) is 4.90 Å². The second-order valence-corrected chi connectivity index (χ2v) is 8.50. The van der Waals surface area contributed by atoms with E-state index in [4.69, 9.17) is 5.73 Å². The van der Waals surface area contributed by atoms with Crippen LogP contribution in [0.5, 0.6) is 0 Å². The molecule has 30 heavy (non-hydrogen) atoms. The minimum atomic E-state index is -3.82. The zero-order valence-electron chi connectivity index (χ0n) is 15.9. The summed E-state index contributed by atoms with van der Waals surface area (Å²) in [4.78, 5) is 34.7. The second-order valence-electron chi connectivity index (χ2n) is 6.56. The summed E-state index contributed by atoms with van der Waals surface area (Å²) in [5, 5.41) is 8.11. The van der Waals surface area contributed by atoms with Gasteiger partial charge in [0.25, 0.3) is 0 Å². The van der Waals surface area contributed by atoms with Gasteiger partial charge in [0.05, 0.1) is 18.0 Å². The van der Waals surface area contributed by atoms with Crippen LogP contribution in [0.25, 0.3) is 0 Å². The molecule has 1 fully saturated rings. The molecule has 0 atom stereocenters. The van der Waals surface area contributed by atoms with E-state index < -0.39 is 15.9 Å². The summed E-state index contributed by atoms with van der Waals surface area (Å²) in [6.45, 7) is 0.128. The molecule has 0 spiro atoms. The van der Waals surface area contributed by atoms with E-state index in [-0.39, 0.29) is 42.9 Å². The fourth-order valence-electron chi connectivity index (χ4n) is 2.84. The van der Waals surface area contributed by atoms with Gasteiger partial charge in [-0.05, 0) is 42.5 Å². The van der Waals surface area contributed by atoms with E-state index in [1.54, 1.807) is 24.3 Å². The lowest BCUT2D eigenvalue weighted by Crippen LogP contribution is -2.49. The van der Waals surface area contributed by atoms with Crippen LogP contribution in [0.15, 0.2) is 53.4 Å². The van der Waals surface area contributed by atoms with Gasteiger partial charge in [-0.1, -0.05) is 6.07 Å². The number of anilines is 2. The van der Waals surface area contributed by atoms with Crippen molar-refractivity contribution in [3.63, 3.8) is 0 Å². The fourth-order valence-corrected chi connectivity index (χ4v) is 4.28. The van der Waals surface area contributed by atoms with Crippen molar-refractivity contribution < 1.29 is 22.8 Å². The molecule has 3 amide bonds. The number of nitrogens with one attached hydrogen (secondary N) is 3. The third-order valence-corrected chi connectivity index (χ3v) is 6.22. The van der Waals surface area contributed by atoms with Crippen LogP contribution in [0.1, 0.15) is 10.4 Å². The van der Waals surface area contributed by atoms with Gasteiger partial charge in [0.15, 0.2) is 0 Å². The number of nitrogens with zero attached hydrogens (tertiary/aromatic N) is 1. The molecule has 1 aliphatic rings. The number of rotatable bonds is 7. The topological polar surface area (TPSA) is 151 Å². The number of nitrogens with two attached hydrogens (primary N) is 1. The first-order valence-corrected chi connectivity index (χ1v) is 10.5. The molecule has 1 heterocycles. The van der Waals surface area contributed by atoms with Crippen molar-refractivity contribution in [1.82, 2.24) is 9.62 Å². The fraction of sp³-hybridized carbons (Fsp3) is 0.211. The maximum atomic E-state index is 12.7. The highest BCUT2D eigenvalue weighted by Crippen LogP contribution is 2.20. The lowest BCUT2D eigenvalue weighted by atomic mass is 10.2. The Hall–Kier alpha value is -3.44. The van der Waals surface area contributed by atoms with Crippen LogP contribution in [-0.4, -0.2) is 56.6 Å². The average molecular weight is 431 g/mol. The molecule has 11 heteroatoms. The normalized spacial score (nSPS) is 14.6. The summed E-state index contributed by atoms with van der Waals surface area (Å²) in [6, 6.07) is 12.2. The minimum absolute atomic E-state index is 0.0321. The van der Waals surface area contributed by atoms with Crippen LogP contribution in [0, 0.1) is 0 Å². The monoisotopic (exact) mass is 431 g/mol. The Labute approximate surface area is 173 Å². The van der Waals surface area contributed by atoms with Crippen molar-refractivity contribution in [2.24, 2.45) is 5.73 Å². The van der Waals surface area contributed by atoms with Crippen LogP contribution in [0.3, 0.4) is 0 Å². The van der Waals surface area contributed by atoms with E-state index in [9.17, 15) is 22.8 Å². The number of primary amides is 1. The zero-order valence-corrected chi connectivity index (χ0v) is 16.7. The summed E-state index contributed by atoms with van der Waals surface area (Å²) in [5.74, 6) is -1.27. The van der Waals surface area contributed by atoms with E-state index in [0.29, 0.717) is 16.9 Å². The van der Waals surface area contributed by atoms with Gasteiger partial charge in [0, 0.05) is 30.0 Å². The van der Waals surface area contributed by atoms with Crippen LogP contribution >= 0.6 is 0 Å². The maximum Gasteiger partial charge on any atom is 0.248 e. The van der Waals surface area contributed by atoms with Crippen molar-refractivity contribution in [2.75, 3.05) is 36.8 Å². The highest BCUT2D eigenvalue weighted by Gasteiger charge is 2.29. The molecule has 1 saturated heterocycles. The van der Waals surface area contributed by atoms with Crippen molar-refractivity contribution in [3.05, 3.63) is 54.1 Å². The van der Waals surface area contributed by atoms with Gasteiger partial charge < -0.3 is 21.7 Å². The minimum Gasteiger partial charge on any atom is -0.376 e. The Morgan fingerprint density at radius 3 is 2.50 bits per heavy atom. The SMILES string of the molecule is NC(=O)c1ccc(NC(=O)CNc2cccc(S(=O)(=O)N3CCNC(=O)C3)c2)cc1. The predicted molar refractivity (Wildman–Crippen MR) is 110 cm³/mol. The summed E-state index contributed by atoms with van der Waals surface area (Å²) in [5.41, 5.74) is 6.44. The smallest absolute Gasteiger partial charge is 0.248 e. The molecule has 0 aliphatic carbocycles. The van der Waals surface area contributed by atoms with E-state index >= 15 is 0 Å². The number of sulfonamides is 1. The first kappa shape index (κ1) is 21.3. The molecule has 2 aromatic carbocycles. The van der Waals surface area contributed by atoms with E-state index in [0.717, 1.165) is 4.31 Å². The van der Waals surface area contributed by atoms with E-state index in [1.165, 1.54) is 24.3 Å². The molecule has 0 saturated carbocycles. The van der Waals surface area contributed by atoms with Crippen LogP contribution < -0.4 is 21.7 Å². The number of carbonyl (C=O) groups is 3. The lowest BCUT2D eigenvalue weighted by molar-refractivity contribution is -0.122. The molecule has 5 N–H and O–H groups in total. The third-order valence-electron chi connectivity index (χ3n) is 4.38. The van der Waals surface area contributed by atoms with E-state index in [1.807, 2.05) is 0 Å². The van der Waals surface area contributed by atoms with Gasteiger partial charge in [0.2, 0.25) is 27.7 Å². The molecule has 2 aromatic rings. The van der Waals surface area contributed by atoms with Crippen molar-refractivity contribution in [1.29, 1.82) is 0 Å². The quantitative estimate of drug-likeness (QED) is 0.483. The Morgan fingerprint density at radius 1 is 1.10 bits per heavy atom. The number of benzene rings is 2. The molecule has 0 unspecified atom stereocenters. The molecule has 10 nitrogen and oxygen atoms in total. The number of carbonyl (C=O) groups excluding carboxylic acids is 3. The number of piperazine rings is 1. The predicted octanol–water partition coefficient (Wildman–Crippen LogP) is -0.0434. The number of hydrogen-bond donors (Lipinski definition) is 4. The second kappa shape index (κ2) is 8.93. The summed E-state index contributed by atoms with van der Waals surface area (Å²) >= 11 is 0. The van der Waals surface area contributed by atoms with Gasteiger partial charge in [0.1, 0.15) is 0 Å². The highest BCUT2D eigenvalue weighted by atomic mass is 32.2. The molecule has 0 aromatic heterocycles. The number of hydrogen-bond acceptors (Lipinski definition) is 6. The van der Waals surface area contributed by atoms with Gasteiger partial charge in [-0.3, -0.25) is 14.4 Å². The molecule has 1 aliphatic heterocycles. The Kier molecular flexibility index (Phi) is 6.33. The standard InChI is InChI=1S/C19H21N5O5S/c20-19(27)13-4-6-14(7-5-13)23-17(25)11-22-15-2-1-3-16(10-15)30(28,29)24-9-8-21-18(26)12-24/h1-7,10,22H,8-9,11-12H2,(H2,20,27)(H,21,26)(H,23,25). The zero-order chi connectivity index (χ0) is 21.7. The van der Waals surface area contributed by atoms with Gasteiger partial charge in [-0.15, -0.1) is 0 Å². The first-order chi connectivity index (χ1) is 14.3. The molecular formula is C19H21N5O5S. The first-order valence-electron chi connectivity index (χ1n) is 9.06. The average Bonchev–Trinajstić information content (AvgIpc) is 2.73. The van der Waals surface area contributed by atoms with E-state index in [2.05, 4.69) is 16.0 Å². The highest BCUT2D eigenvalue weighted by molar-refractivity contribution is 7.89. The number of amides is 3. The molecule has 0 radical (unpaired) electrons. The Bertz CT molecular complexity index is 1070. The van der Waals surface area contributed by atoms with Crippen LogP contribution in [0.4, 0.5) is 11.4 Å². The van der Waals surface area contributed by atoms with Gasteiger partial charge in [-0.2, -0.15) is 4.31 Å². The Morgan fingerprint density at radius 2 is 1.83 bits per heavy atom. The van der Waals surface area contributed by atoms with Gasteiger partial charge >= 0.3 is 0 Å². The maximum absolute atomic E-state index is 12.7. The summed E-state index contributed by atoms with van der Waals surface area (Å²) < 4.78 is 26.6. The largest absolute Gasteiger partial charge is 0.376 e. The molecular weight excluding hydrogens is 410 g/mol. The summed E-state index contributed by atoms with van der Waals surface area (Å²) in [6.07, 6.45) is 0. The molecule has 158 valence electrons. The van der Waals surface area contributed by atoms with Gasteiger partial charge in [-0.25, -0.2) is 8.42 Å². The third kappa shape index (κ3) is 5.13.